The minimum absolute atomic E-state index is 0. The van der Waals surface area contributed by atoms with Crippen molar-refractivity contribution in [1.82, 2.24) is 0 Å². The summed E-state index contributed by atoms with van der Waals surface area (Å²) in [6, 6.07) is 27.2. The van der Waals surface area contributed by atoms with Crippen molar-refractivity contribution in [3.8, 4) is 0 Å². The first-order chi connectivity index (χ1) is 15.2. The van der Waals surface area contributed by atoms with Crippen LogP contribution in [0.5, 0.6) is 0 Å². The third-order valence-corrected chi connectivity index (χ3v) is 6.44. The van der Waals surface area contributed by atoms with E-state index in [4.69, 9.17) is 0 Å². The summed E-state index contributed by atoms with van der Waals surface area (Å²) < 4.78 is 0. The van der Waals surface area contributed by atoms with Crippen molar-refractivity contribution in [2.24, 2.45) is 0 Å². The van der Waals surface area contributed by atoms with Gasteiger partial charge >= 0.3 is 0 Å². The quantitative estimate of drug-likeness (QED) is 0.293. The van der Waals surface area contributed by atoms with E-state index in [1.807, 2.05) is 0 Å². The highest BCUT2D eigenvalue weighted by molar-refractivity contribution is 5.84. The summed E-state index contributed by atoms with van der Waals surface area (Å²) in [5.41, 5.74) is 5.68. The molecule has 0 aliphatic rings. The van der Waals surface area contributed by atoms with Gasteiger partial charge in [0.05, 0.1) is 0 Å². The standard InChI is InChI=1S/2C16H20.2H2O/c2*1-11(2)13-5-7-16-10-14(12(3)4)6-8-15(16)9-13;;/h2*5-12H,1-4H3;2*1H2. The van der Waals surface area contributed by atoms with E-state index in [0.29, 0.717) is 23.7 Å². The van der Waals surface area contributed by atoms with E-state index in [1.54, 1.807) is 0 Å². The van der Waals surface area contributed by atoms with Gasteiger partial charge in [0.2, 0.25) is 0 Å². The van der Waals surface area contributed by atoms with E-state index in [9.17, 15) is 0 Å². The molecule has 0 fully saturated rings. The van der Waals surface area contributed by atoms with Crippen LogP contribution in [-0.2, 0) is 0 Å². The van der Waals surface area contributed by atoms with Crippen LogP contribution in [0.2, 0.25) is 0 Å². The van der Waals surface area contributed by atoms with Crippen LogP contribution in [0, 0.1) is 0 Å². The maximum atomic E-state index is 2.31. The molecule has 4 aromatic carbocycles. The van der Waals surface area contributed by atoms with E-state index in [1.165, 1.54) is 43.8 Å². The highest BCUT2D eigenvalue weighted by Gasteiger charge is 2.04. The first-order valence-corrected chi connectivity index (χ1v) is 12.2. The summed E-state index contributed by atoms with van der Waals surface area (Å²) in [5.74, 6) is 2.42. The van der Waals surface area contributed by atoms with Gasteiger partial charge in [-0.1, -0.05) is 128 Å². The van der Waals surface area contributed by atoms with Gasteiger partial charge in [-0.25, -0.2) is 0 Å². The molecule has 0 heterocycles. The molecule has 4 rings (SSSR count). The lowest BCUT2D eigenvalue weighted by Crippen LogP contribution is -1.89. The lowest BCUT2D eigenvalue weighted by molar-refractivity contribution is 0.823. The van der Waals surface area contributed by atoms with Crippen molar-refractivity contribution in [3.05, 3.63) is 95.1 Å². The average Bonchev–Trinajstić information content (AvgIpc) is 2.77. The maximum Gasteiger partial charge on any atom is -0.0181 e. The van der Waals surface area contributed by atoms with Crippen molar-refractivity contribution in [2.45, 2.75) is 79.1 Å². The van der Waals surface area contributed by atoms with E-state index in [0.717, 1.165) is 0 Å². The predicted octanol–water partition coefficient (Wildman–Crippen LogP) is 8.52. The van der Waals surface area contributed by atoms with Crippen LogP contribution in [0.3, 0.4) is 0 Å². The minimum atomic E-state index is 0. The predicted molar refractivity (Wildman–Crippen MR) is 151 cm³/mol. The highest BCUT2D eigenvalue weighted by atomic mass is 16.0. The Morgan fingerprint density at radius 1 is 0.324 bits per heavy atom. The van der Waals surface area contributed by atoms with E-state index >= 15 is 0 Å². The van der Waals surface area contributed by atoms with Crippen LogP contribution in [0.25, 0.3) is 21.5 Å². The average molecular weight is 461 g/mol. The first-order valence-electron chi connectivity index (χ1n) is 12.2. The van der Waals surface area contributed by atoms with Crippen LogP contribution in [0.15, 0.2) is 72.8 Å². The SMILES string of the molecule is CC(C)c1ccc2cc(C(C)C)ccc2c1.CC(C)c1ccc2cc(C(C)C)ccc2c1.O.O. The van der Waals surface area contributed by atoms with E-state index < -0.39 is 0 Å². The van der Waals surface area contributed by atoms with Crippen molar-refractivity contribution in [1.29, 1.82) is 0 Å². The van der Waals surface area contributed by atoms with Gasteiger partial charge in [0.15, 0.2) is 0 Å². The molecule has 2 heteroatoms. The normalized spacial score (nSPS) is 10.9. The Kier molecular flexibility index (Phi) is 11.0. The molecule has 0 saturated heterocycles. The molecule has 0 atom stereocenters. The molecule has 2 nitrogen and oxygen atoms in total. The molecule has 0 aliphatic carbocycles. The molecule has 0 bridgehead atoms. The largest absolute Gasteiger partial charge is 0.412 e. The summed E-state index contributed by atoms with van der Waals surface area (Å²) >= 11 is 0. The summed E-state index contributed by atoms with van der Waals surface area (Å²) in [6.07, 6.45) is 0. The molecule has 0 unspecified atom stereocenters. The molecule has 0 aromatic heterocycles. The molecule has 34 heavy (non-hydrogen) atoms. The Morgan fingerprint density at radius 2 is 0.500 bits per heavy atom. The Balaban J connectivity index is 0.000000321. The Hall–Kier alpha value is -2.68. The molecular weight excluding hydrogens is 416 g/mol. The molecule has 184 valence electrons. The van der Waals surface area contributed by atoms with Crippen molar-refractivity contribution in [3.63, 3.8) is 0 Å². The first kappa shape index (κ1) is 29.4. The molecule has 0 saturated carbocycles. The lowest BCUT2D eigenvalue weighted by Gasteiger charge is -2.10. The topological polar surface area (TPSA) is 63.0 Å². The molecular formula is C32H44O2. The molecule has 0 spiro atoms. The van der Waals surface area contributed by atoms with Gasteiger partial charge in [-0.15, -0.1) is 0 Å². The van der Waals surface area contributed by atoms with Crippen molar-refractivity contribution in [2.75, 3.05) is 0 Å². The molecule has 4 N–H and O–H groups in total. The Labute approximate surface area is 206 Å². The lowest BCUT2D eigenvalue weighted by atomic mass is 9.96. The van der Waals surface area contributed by atoms with Crippen LogP contribution in [0.1, 0.15) is 101 Å². The van der Waals surface area contributed by atoms with Crippen LogP contribution >= 0.6 is 0 Å². The van der Waals surface area contributed by atoms with Crippen LogP contribution in [0.4, 0.5) is 0 Å². The molecule has 0 aliphatic heterocycles. The third kappa shape index (κ3) is 7.16. The monoisotopic (exact) mass is 460 g/mol. The van der Waals surface area contributed by atoms with Gasteiger partial charge in [0.25, 0.3) is 0 Å². The number of hydrogen-bond donors (Lipinski definition) is 0. The summed E-state index contributed by atoms with van der Waals surface area (Å²) in [5, 5.41) is 5.43. The Morgan fingerprint density at radius 3 is 0.647 bits per heavy atom. The Bertz CT molecular complexity index is 996. The number of hydrogen-bond acceptors (Lipinski definition) is 0. The van der Waals surface area contributed by atoms with E-state index in [2.05, 4.69) is 128 Å². The summed E-state index contributed by atoms with van der Waals surface area (Å²) in [6.45, 7) is 17.9. The zero-order valence-electron chi connectivity index (χ0n) is 22.2. The van der Waals surface area contributed by atoms with Crippen LogP contribution < -0.4 is 0 Å². The third-order valence-electron chi connectivity index (χ3n) is 6.44. The van der Waals surface area contributed by atoms with Gasteiger partial charge in [-0.3, -0.25) is 0 Å². The second kappa shape index (κ2) is 12.7. The van der Waals surface area contributed by atoms with Gasteiger partial charge in [-0.05, 0) is 67.5 Å². The van der Waals surface area contributed by atoms with Gasteiger partial charge in [0.1, 0.15) is 0 Å². The zero-order valence-corrected chi connectivity index (χ0v) is 22.2. The van der Waals surface area contributed by atoms with Crippen molar-refractivity contribution < 1.29 is 11.0 Å². The molecule has 0 amide bonds. The summed E-state index contributed by atoms with van der Waals surface area (Å²) in [7, 11) is 0. The van der Waals surface area contributed by atoms with Crippen LogP contribution in [-0.4, -0.2) is 11.0 Å². The second-order valence-corrected chi connectivity index (χ2v) is 10.4. The molecule has 4 aromatic rings. The second-order valence-electron chi connectivity index (χ2n) is 10.4. The summed E-state index contributed by atoms with van der Waals surface area (Å²) in [4.78, 5) is 0. The smallest absolute Gasteiger partial charge is 0.0181 e. The number of fused-ring (bicyclic) bond motifs is 2. The zero-order chi connectivity index (χ0) is 23.4. The highest BCUT2D eigenvalue weighted by Crippen LogP contribution is 2.26. The maximum absolute atomic E-state index is 2.31. The van der Waals surface area contributed by atoms with Crippen molar-refractivity contribution >= 4 is 21.5 Å². The molecule has 0 radical (unpaired) electrons. The van der Waals surface area contributed by atoms with Gasteiger partial charge in [0, 0.05) is 0 Å². The number of benzene rings is 4. The number of rotatable bonds is 4. The van der Waals surface area contributed by atoms with Gasteiger partial charge < -0.3 is 11.0 Å². The minimum Gasteiger partial charge on any atom is -0.412 e. The fourth-order valence-corrected chi connectivity index (χ4v) is 4.00. The fraction of sp³-hybridized carbons (Fsp3) is 0.375. The van der Waals surface area contributed by atoms with Gasteiger partial charge in [-0.2, -0.15) is 0 Å². The van der Waals surface area contributed by atoms with E-state index in [-0.39, 0.29) is 11.0 Å². The fourth-order valence-electron chi connectivity index (χ4n) is 4.00.